The Balaban J connectivity index is 1.42. The van der Waals surface area contributed by atoms with Crippen molar-refractivity contribution in [1.29, 1.82) is 0 Å². The van der Waals surface area contributed by atoms with Crippen LogP contribution in [0.25, 0.3) is 10.4 Å². The Morgan fingerprint density at radius 1 is 0.793 bits per heavy atom. The van der Waals surface area contributed by atoms with Crippen molar-refractivity contribution in [2.24, 2.45) is 0 Å². The highest BCUT2D eigenvalue weighted by atomic mass is 32.1. The lowest BCUT2D eigenvalue weighted by Crippen LogP contribution is -2.25. The van der Waals surface area contributed by atoms with Gasteiger partial charge in [0.25, 0.3) is 5.91 Å². The molecule has 1 aromatic heterocycles. The highest BCUT2D eigenvalue weighted by molar-refractivity contribution is 7.17. The number of para-hydroxylation sites is 1. The van der Waals surface area contributed by atoms with Gasteiger partial charge in [0, 0.05) is 4.88 Å². The molecular formula is C25H21NO2S. The number of rotatable bonds is 6. The summed E-state index contributed by atoms with van der Waals surface area (Å²) in [5.74, 6) is 1.54. The lowest BCUT2D eigenvalue weighted by molar-refractivity contribution is 0.0944. The second kappa shape index (κ2) is 8.76. The summed E-state index contributed by atoms with van der Waals surface area (Å²) in [4.78, 5) is 14.4. The average Bonchev–Trinajstić information content (AvgIpc) is 3.26. The largest absolute Gasteiger partial charge is 0.457 e. The minimum absolute atomic E-state index is 0.0383. The number of nitrogens with one attached hydrogen (secondary N) is 1. The Morgan fingerprint density at radius 2 is 1.41 bits per heavy atom. The first-order valence-electron chi connectivity index (χ1n) is 9.48. The Morgan fingerprint density at radius 3 is 2.10 bits per heavy atom. The van der Waals surface area contributed by atoms with Crippen molar-refractivity contribution in [2.75, 3.05) is 0 Å². The van der Waals surface area contributed by atoms with E-state index >= 15 is 0 Å². The van der Waals surface area contributed by atoms with Crippen molar-refractivity contribution < 1.29 is 9.53 Å². The number of hydrogen-bond donors (Lipinski definition) is 1. The molecule has 0 saturated heterocycles. The third-order valence-corrected chi connectivity index (χ3v) is 5.73. The normalized spacial score (nSPS) is 11.6. The number of thiophene rings is 1. The molecule has 1 N–H and O–H groups in total. The smallest absolute Gasteiger partial charge is 0.261 e. The molecule has 1 heterocycles. The van der Waals surface area contributed by atoms with Gasteiger partial charge in [0.15, 0.2) is 0 Å². The Labute approximate surface area is 174 Å². The molecule has 0 aliphatic rings. The van der Waals surface area contributed by atoms with Gasteiger partial charge in [0.05, 0.1) is 10.9 Å². The molecule has 4 heteroatoms. The Hall–Kier alpha value is -3.37. The van der Waals surface area contributed by atoms with Crippen molar-refractivity contribution in [3.63, 3.8) is 0 Å². The molecule has 144 valence electrons. The summed E-state index contributed by atoms with van der Waals surface area (Å²) >= 11 is 1.49. The molecule has 3 aromatic carbocycles. The average molecular weight is 400 g/mol. The van der Waals surface area contributed by atoms with Crippen molar-refractivity contribution in [1.82, 2.24) is 5.32 Å². The van der Waals surface area contributed by atoms with E-state index in [-0.39, 0.29) is 11.9 Å². The zero-order valence-electron chi connectivity index (χ0n) is 16.0. The van der Waals surface area contributed by atoms with Crippen LogP contribution < -0.4 is 10.1 Å². The van der Waals surface area contributed by atoms with Crippen LogP contribution in [0.5, 0.6) is 11.5 Å². The zero-order chi connectivity index (χ0) is 20.1. The van der Waals surface area contributed by atoms with Crippen LogP contribution in [0.2, 0.25) is 0 Å². The third-order valence-electron chi connectivity index (χ3n) is 4.59. The Bertz CT molecular complexity index is 1070. The minimum atomic E-state index is -0.0540. The monoisotopic (exact) mass is 399 g/mol. The summed E-state index contributed by atoms with van der Waals surface area (Å²) in [7, 11) is 0. The lowest BCUT2D eigenvalue weighted by Gasteiger charge is -2.13. The van der Waals surface area contributed by atoms with Crippen LogP contribution in [0.15, 0.2) is 97.1 Å². The number of hydrogen-bond acceptors (Lipinski definition) is 3. The highest BCUT2D eigenvalue weighted by Crippen LogP contribution is 2.31. The number of amides is 1. The van der Waals surface area contributed by atoms with Gasteiger partial charge in [-0.3, -0.25) is 4.79 Å². The number of ether oxygens (including phenoxy) is 1. The molecule has 4 rings (SSSR count). The molecule has 0 radical (unpaired) electrons. The van der Waals surface area contributed by atoms with Gasteiger partial charge >= 0.3 is 0 Å². The number of carbonyl (C=O) groups is 1. The van der Waals surface area contributed by atoms with Crippen molar-refractivity contribution >= 4 is 17.2 Å². The first-order chi connectivity index (χ1) is 14.2. The van der Waals surface area contributed by atoms with E-state index in [1.54, 1.807) is 0 Å². The standard InChI is InChI=1S/C25H21NO2S/c1-18(19-8-4-2-5-9-19)26-25(27)24-17-16-23(29-24)20-12-14-22(15-13-20)28-21-10-6-3-7-11-21/h2-18H,1H3,(H,26,27). The first-order valence-corrected chi connectivity index (χ1v) is 10.3. The van der Waals surface area contributed by atoms with Gasteiger partial charge in [-0.15, -0.1) is 11.3 Å². The summed E-state index contributed by atoms with van der Waals surface area (Å²) in [5.41, 5.74) is 2.15. The van der Waals surface area contributed by atoms with Crippen LogP contribution in [-0.2, 0) is 0 Å². The molecule has 0 spiro atoms. The molecule has 3 nitrogen and oxygen atoms in total. The summed E-state index contributed by atoms with van der Waals surface area (Å²) in [6, 6.07) is 31.4. The fourth-order valence-electron chi connectivity index (χ4n) is 3.02. The minimum Gasteiger partial charge on any atom is -0.457 e. The van der Waals surface area contributed by atoms with Gasteiger partial charge in [-0.1, -0.05) is 48.5 Å². The van der Waals surface area contributed by atoms with Crippen LogP contribution in [-0.4, -0.2) is 5.91 Å². The van der Waals surface area contributed by atoms with Gasteiger partial charge in [-0.25, -0.2) is 0 Å². The maximum atomic E-state index is 12.6. The summed E-state index contributed by atoms with van der Waals surface area (Å²) < 4.78 is 5.84. The van der Waals surface area contributed by atoms with Gasteiger partial charge in [0.2, 0.25) is 0 Å². The van der Waals surface area contributed by atoms with E-state index in [0.29, 0.717) is 4.88 Å². The summed E-state index contributed by atoms with van der Waals surface area (Å²) in [6.45, 7) is 1.99. The van der Waals surface area contributed by atoms with Crippen molar-refractivity contribution in [3.8, 4) is 21.9 Å². The molecule has 1 amide bonds. The highest BCUT2D eigenvalue weighted by Gasteiger charge is 2.14. The molecule has 0 fully saturated rings. The third kappa shape index (κ3) is 4.73. The summed E-state index contributed by atoms with van der Waals surface area (Å²) in [5, 5.41) is 3.07. The fraction of sp³-hybridized carbons (Fsp3) is 0.0800. The quantitative estimate of drug-likeness (QED) is 0.392. The van der Waals surface area contributed by atoms with E-state index in [2.05, 4.69) is 5.32 Å². The zero-order valence-corrected chi connectivity index (χ0v) is 16.9. The van der Waals surface area contributed by atoms with Crippen LogP contribution >= 0.6 is 11.3 Å². The number of carbonyl (C=O) groups excluding carboxylic acids is 1. The van der Waals surface area contributed by atoms with E-state index in [1.807, 2.05) is 104 Å². The van der Waals surface area contributed by atoms with Crippen LogP contribution in [0, 0.1) is 0 Å². The van der Waals surface area contributed by atoms with E-state index in [1.165, 1.54) is 11.3 Å². The predicted molar refractivity (Wildman–Crippen MR) is 119 cm³/mol. The predicted octanol–water partition coefficient (Wildman–Crippen LogP) is 6.70. The SMILES string of the molecule is CC(NC(=O)c1ccc(-c2ccc(Oc3ccccc3)cc2)s1)c1ccccc1. The maximum Gasteiger partial charge on any atom is 0.261 e. The molecular weight excluding hydrogens is 378 g/mol. The second-order valence-electron chi connectivity index (χ2n) is 6.71. The van der Waals surface area contributed by atoms with Gasteiger partial charge in [-0.2, -0.15) is 0 Å². The topological polar surface area (TPSA) is 38.3 Å². The molecule has 0 aliphatic heterocycles. The van der Waals surface area contributed by atoms with Crippen LogP contribution in [0.1, 0.15) is 28.2 Å². The molecule has 4 aromatic rings. The van der Waals surface area contributed by atoms with Gasteiger partial charge in [-0.05, 0) is 66.6 Å². The van der Waals surface area contributed by atoms with E-state index < -0.39 is 0 Å². The van der Waals surface area contributed by atoms with Crippen LogP contribution in [0.4, 0.5) is 0 Å². The lowest BCUT2D eigenvalue weighted by atomic mass is 10.1. The van der Waals surface area contributed by atoms with Gasteiger partial charge < -0.3 is 10.1 Å². The number of benzene rings is 3. The molecule has 29 heavy (non-hydrogen) atoms. The molecule has 1 atom stereocenters. The summed E-state index contributed by atoms with van der Waals surface area (Å²) in [6.07, 6.45) is 0. The van der Waals surface area contributed by atoms with Crippen LogP contribution in [0.3, 0.4) is 0 Å². The molecule has 0 saturated carbocycles. The molecule has 0 aliphatic carbocycles. The second-order valence-corrected chi connectivity index (χ2v) is 7.79. The maximum absolute atomic E-state index is 12.6. The fourth-order valence-corrected chi connectivity index (χ4v) is 3.93. The molecule has 0 bridgehead atoms. The first kappa shape index (κ1) is 19.0. The van der Waals surface area contributed by atoms with Crippen molar-refractivity contribution in [2.45, 2.75) is 13.0 Å². The van der Waals surface area contributed by atoms with E-state index in [4.69, 9.17) is 4.74 Å². The van der Waals surface area contributed by atoms with Gasteiger partial charge in [0.1, 0.15) is 11.5 Å². The Kier molecular flexibility index (Phi) is 5.73. The van der Waals surface area contributed by atoms with E-state index in [0.717, 1.165) is 27.5 Å². The van der Waals surface area contributed by atoms with Crippen molar-refractivity contribution in [3.05, 3.63) is 108 Å². The van der Waals surface area contributed by atoms with E-state index in [9.17, 15) is 4.79 Å². The molecule has 1 unspecified atom stereocenters.